The van der Waals surface area contributed by atoms with Gasteiger partial charge in [0.15, 0.2) is 0 Å². The van der Waals surface area contributed by atoms with Crippen molar-refractivity contribution in [3.63, 3.8) is 0 Å². The van der Waals surface area contributed by atoms with E-state index in [0.717, 1.165) is 10.9 Å². The fraction of sp³-hybridized carbons (Fsp3) is 0.115. The molecule has 3 heterocycles. The highest BCUT2D eigenvalue weighted by Gasteiger charge is 2.24. The summed E-state index contributed by atoms with van der Waals surface area (Å²) in [5, 5.41) is 5.01. The zero-order valence-electron chi connectivity index (χ0n) is 19.2. The van der Waals surface area contributed by atoms with Gasteiger partial charge in [-0.2, -0.15) is 0 Å². The van der Waals surface area contributed by atoms with Gasteiger partial charge in [-0.1, -0.05) is 12.1 Å². The van der Waals surface area contributed by atoms with Crippen LogP contribution in [0.5, 0.6) is 0 Å². The molecular weight excluding hydrogens is 445 g/mol. The minimum absolute atomic E-state index is 0.122. The molecule has 5 aromatic rings. The van der Waals surface area contributed by atoms with E-state index in [0.29, 0.717) is 39.3 Å². The summed E-state index contributed by atoms with van der Waals surface area (Å²) in [6.07, 6.45) is 4.69. The van der Waals surface area contributed by atoms with Crippen LogP contribution >= 0.6 is 0 Å². The number of pyridine rings is 2. The molecule has 1 amide bonds. The van der Waals surface area contributed by atoms with Crippen LogP contribution in [-0.2, 0) is 6.54 Å². The van der Waals surface area contributed by atoms with Gasteiger partial charge in [-0.05, 0) is 60.3 Å². The van der Waals surface area contributed by atoms with Gasteiger partial charge < -0.3 is 5.73 Å². The first-order valence-corrected chi connectivity index (χ1v) is 10.9. The van der Waals surface area contributed by atoms with E-state index in [9.17, 15) is 9.18 Å². The van der Waals surface area contributed by atoms with Gasteiger partial charge in [0.1, 0.15) is 11.6 Å². The van der Waals surface area contributed by atoms with Gasteiger partial charge in [0.25, 0.3) is 5.91 Å². The largest absolute Gasteiger partial charge is 0.383 e. The Balaban J connectivity index is 1.55. The monoisotopic (exact) mass is 467 g/mol. The third-order valence-electron chi connectivity index (χ3n) is 5.81. The number of rotatable bonds is 5. The molecular formula is C26H22FN7O. The maximum absolute atomic E-state index is 14.1. The summed E-state index contributed by atoms with van der Waals surface area (Å²) in [4.78, 5) is 31.1. The first-order valence-electron chi connectivity index (χ1n) is 10.9. The minimum atomic E-state index is -0.343. The van der Waals surface area contributed by atoms with E-state index in [1.54, 1.807) is 60.8 Å². The lowest BCUT2D eigenvalue weighted by Gasteiger charge is -2.31. The van der Waals surface area contributed by atoms with Gasteiger partial charge in [-0.15, -0.1) is 0 Å². The SMILES string of the molecule is Cc1cc2cc(C(=O)N(Cc3cc4cccc(F)c4cn3)N(C)c3ncccn3)ccc2nc1N. The highest BCUT2D eigenvalue weighted by atomic mass is 19.1. The number of anilines is 2. The molecule has 0 atom stereocenters. The average Bonchev–Trinajstić information content (AvgIpc) is 2.87. The van der Waals surface area contributed by atoms with Gasteiger partial charge in [0.2, 0.25) is 5.95 Å². The molecule has 2 N–H and O–H groups in total. The van der Waals surface area contributed by atoms with E-state index in [4.69, 9.17) is 5.73 Å². The fourth-order valence-corrected chi connectivity index (χ4v) is 3.88. The zero-order valence-corrected chi connectivity index (χ0v) is 19.2. The van der Waals surface area contributed by atoms with Crippen LogP contribution in [0.15, 0.2) is 73.2 Å². The second kappa shape index (κ2) is 8.94. The summed E-state index contributed by atoms with van der Waals surface area (Å²) in [5.41, 5.74) is 8.52. The molecule has 9 heteroatoms. The summed E-state index contributed by atoms with van der Waals surface area (Å²) in [6.45, 7) is 1.99. The number of nitrogens with zero attached hydrogens (tertiary/aromatic N) is 6. The minimum Gasteiger partial charge on any atom is -0.383 e. The van der Waals surface area contributed by atoms with Crippen molar-refractivity contribution >= 4 is 39.3 Å². The lowest BCUT2D eigenvalue weighted by Crippen LogP contribution is -2.45. The van der Waals surface area contributed by atoms with Crippen molar-refractivity contribution in [3.05, 3.63) is 95.8 Å². The molecule has 0 aliphatic rings. The Kier molecular flexibility index (Phi) is 5.66. The molecule has 0 saturated carbocycles. The highest BCUT2D eigenvalue weighted by Crippen LogP contribution is 2.23. The van der Waals surface area contributed by atoms with Crippen molar-refractivity contribution in [2.75, 3.05) is 17.8 Å². The van der Waals surface area contributed by atoms with Crippen LogP contribution in [0.25, 0.3) is 21.7 Å². The number of carbonyl (C=O) groups is 1. The van der Waals surface area contributed by atoms with Crippen LogP contribution < -0.4 is 10.7 Å². The fourth-order valence-electron chi connectivity index (χ4n) is 3.88. The molecule has 5 rings (SSSR count). The first kappa shape index (κ1) is 22.1. The first-order chi connectivity index (χ1) is 16.9. The molecule has 0 spiro atoms. The average molecular weight is 468 g/mol. The smallest absolute Gasteiger partial charge is 0.272 e. The predicted molar refractivity (Wildman–Crippen MR) is 133 cm³/mol. The van der Waals surface area contributed by atoms with Gasteiger partial charge >= 0.3 is 0 Å². The third kappa shape index (κ3) is 4.31. The molecule has 0 fully saturated rings. The Morgan fingerprint density at radius 3 is 2.60 bits per heavy atom. The maximum atomic E-state index is 14.1. The third-order valence-corrected chi connectivity index (χ3v) is 5.81. The molecule has 3 aromatic heterocycles. The van der Waals surface area contributed by atoms with Gasteiger partial charge in [0, 0.05) is 42.0 Å². The lowest BCUT2D eigenvalue weighted by molar-refractivity contribution is 0.0727. The molecule has 0 saturated heterocycles. The normalized spacial score (nSPS) is 11.1. The van der Waals surface area contributed by atoms with E-state index in [1.807, 2.05) is 19.1 Å². The van der Waals surface area contributed by atoms with Gasteiger partial charge in [-0.3, -0.25) is 14.8 Å². The van der Waals surface area contributed by atoms with E-state index in [1.165, 1.54) is 17.3 Å². The molecule has 2 aromatic carbocycles. The van der Waals surface area contributed by atoms with Crippen LogP contribution in [0.4, 0.5) is 16.2 Å². The molecule has 0 aliphatic carbocycles. The second-order valence-corrected chi connectivity index (χ2v) is 8.17. The number of carbonyl (C=O) groups excluding carboxylic acids is 1. The second-order valence-electron chi connectivity index (χ2n) is 8.17. The Morgan fingerprint density at radius 2 is 1.80 bits per heavy atom. The van der Waals surface area contributed by atoms with Crippen molar-refractivity contribution in [2.45, 2.75) is 13.5 Å². The number of halogens is 1. The van der Waals surface area contributed by atoms with Crippen LogP contribution in [0.3, 0.4) is 0 Å². The number of nitrogens with two attached hydrogens (primary N) is 1. The number of nitrogen functional groups attached to an aromatic ring is 1. The number of aryl methyl sites for hydroxylation is 1. The van der Waals surface area contributed by atoms with E-state index < -0.39 is 0 Å². The zero-order chi connectivity index (χ0) is 24.5. The van der Waals surface area contributed by atoms with Crippen LogP contribution in [0, 0.1) is 12.7 Å². The molecule has 0 bridgehead atoms. The van der Waals surface area contributed by atoms with Crippen molar-refractivity contribution < 1.29 is 9.18 Å². The molecule has 8 nitrogen and oxygen atoms in total. The maximum Gasteiger partial charge on any atom is 0.272 e. The number of hydrogen-bond acceptors (Lipinski definition) is 7. The predicted octanol–water partition coefficient (Wildman–Crippen LogP) is 4.30. The Labute approximate surface area is 200 Å². The number of aromatic nitrogens is 4. The number of fused-ring (bicyclic) bond motifs is 2. The number of hydrazine groups is 1. The Morgan fingerprint density at radius 1 is 1.00 bits per heavy atom. The summed E-state index contributed by atoms with van der Waals surface area (Å²) in [7, 11) is 1.71. The number of amides is 1. The molecule has 0 aliphatic heterocycles. The number of benzene rings is 2. The van der Waals surface area contributed by atoms with Gasteiger partial charge in [0.05, 0.1) is 17.8 Å². The highest BCUT2D eigenvalue weighted by molar-refractivity contribution is 5.99. The van der Waals surface area contributed by atoms with Crippen molar-refractivity contribution in [2.24, 2.45) is 0 Å². The van der Waals surface area contributed by atoms with Crippen molar-refractivity contribution in [1.82, 2.24) is 24.9 Å². The summed E-state index contributed by atoms with van der Waals surface area (Å²) >= 11 is 0. The van der Waals surface area contributed by atoms with Gasteiger partial charge in [-0.25, -0.2) is 24.4 Å². The number of hydrogen-bond donors (Lipinski definition) is 1. The van der Waals surface area contributed by atoms with E-state index in [2.05, 4.69) is 19.9 Å². The van der Waals surface area contributed by atoms with Crippen molar-refractivity contribution in [3.8, 4) is 0 Å². The van der Waals surface area contributed by atoms with Crippen LogP contribution in [0.2, 0.25) is 0 Å². The summed E-state index contributed by atoms with van der Waals surface area (Å²) < 4.78 is 14.1. The van der Waals surface area contributed by atoms with Crippen LogP contribution in [-0.4, -0.2) is 37.9 Å². The topological polar surface area (TPSA) is 101 Å². The quantitative estimate of drug-likeness (QED) is 0.385. The molecule has 35 heavy (non-hydrogen) atoms. The Hall–Kier alpha value is -4.66. The lowest BCUT2D eigenvalue weighted by atomic mass is 10.1. The molecule has 174 valence electrons. The summed E-state index contributed by atoms with van der Waals surface area (Å²) in [6, 6.07) is 15.5. The van der Waals surface area contributed by atoms with E-state index >= 15 is 0 Å². The van der Waals surface area contributed by atoms with Crippen LogP contribution in [0.1, 0.15) is 21.6 Å². The van der Waals surface area contributed by atoms with E-state index in [-0.39, 0.29) is 18.3 Å². The van der Waals surface area contributed by atoms with Crippen molar-refractivity contribution in [1.29, 1.82) is 0 Å². The standard InChI is InChI=1S/C26H22FN7O/c1-16-11-19-12-18(7-8-23(19)32-24(16)28)25(35)34(33(2)26-29-9-4-10-30-26)15-20-13-17-5-3-6-22(27)21(17)14-31-20/h3-14H,15H2,1-2H3,(H2,28,32). The molecule has 0 radical (unpaired) electrons. The summed E-state index contributed by atoms with van der Waals surface area (Å²) in [5.74, 6) is 0.180. The molecule has 0 unspecified atom stereocenters. The Bertz CT molecular complexity index is 1560.